The summed E-state index contributed by atoms with van der Waals surface area (Å²) in [6, 6.07) is -0.275. The molecule has 4 N–H and O–H groups in total. The first-order valence-electron chi connectivity index (χ1n) is 5.23. The van der Waals surface area contributed by atoms with Crippen molar-refractivity contribution in [2.24, 2.45) is 11.7 Å². The number of rotatable bonds is 4. The summed E-state index contributed by atoms with van der Waals surface area (Å²) in [4.78, 5) is 11.5. The number of hydrogen-bond acceptors (Lipinski definition) is 3. The maximum Gasteiger partial charge on any atom is 0.237 e. The molecule has 0 aliphatic heterocycles. The smallest absolute Gasteiger partial charge is 0.237 e. The molecule has 0 aromatic rings. The van der Waals surface area contributed by atoms with Gasteiger partial charge in [-0.3, -0.25) is 4.79 Å². The normalized spacial score (nSPS) is 28.4. The number of aliphatic hydroxyl groups excluding tert-OH is 1. The van der Waals surface area contributed by atoms with E-state index in [1.165, 1.54) is 0 Å². The zero-order valence-corrected chi connectivity index (χ0v) is 8.86. The second kappa shape index (κ2) is 4.75. The van der Waals surface area contributed by atoms with Crippen LogP contribution in [0.25, 0.3) is 0 Å². The number of amides is 1. The first-order valence-corrected chi connectivity index (χ1v) is 5.23. The molecule has 1 amide bonds. The molecule has 82 valence electrons. The van der Waals surface area contributed by atoms with Crippen LogP contribution in [-0.2, 0) is 4.79 Å². The van der Waals surface area contributed by atoms with Gasteiger partial charge in [0.15, 0.2) is 0 Å². The summed E-state index contributed by atoms with van der Waals surface area (Å²) in [5.74, 6) is 0.346. The number of nitrogens with two attached hydrogens (primary N) is 1. The van der Waals surface area contributed by atoms with Gasteiger partial charge in [-0.05, 0) is 25.2 Å². The molecule has 1 unspecified atom stereocenters. The Morgan fingerprint density at radius 3 is 2.57 bits per heavy atom. The Labute approximate surface area is 84.9 Å². The highest BCUT2D eigenvalue weighted by atomic mass is 16.3. The number of carbonyl (C=O) groups excluding carboxylic acids is 1. The fourth-order valence-electron chi connectivity index (χ4n) is 1.63. The van der Waals surface area contributed by atoms with E-state index >= 15 is 0 Å². The van der Waals surface area contributed by atoms with Crippen LogP contribution in [0.2, 0.25) is 0 Å². The van der Waals surface area contributed by atoms with Crippen molar-refractivity contribution in [3.8, 4) is 0 Å². The van der Waals surface area contributed by atoms with Crippen LogP contribution < -0.4 is 11.1 Å². The lowest BCUT2D eigenvalue weighted by Crippen LogP contribution is -2.52. The number of carbonyl (C=O) groups is 1. The molecule has 1 atom stereocenters. The minimum Gasteiger partial charge on any atom is -0.393 e. The molecule has 0 radical (unpaired) electrons. The fourth-order valence-corrected chi connectivity index (χ4v) is 1.63. The van der Waals surface area contributed by atoms with Crippen molar-refractivity contribution in [2.75, 3.05) is 0 Å². The quantitative estimate of drug-likeness (QED) is 0.598. The summed E-state index contributed by atoms with van der Waals surface area (Å²) < 4.78 is 0. The summed E-state index contributed by atoms with van der Waals surface area (Å²) in [5.41, 5.74) is 5.71. The molecule has 0 aromatic heterocycles. The minimum absolute atomic E-state index is 0.0874. The number of aliphatic hydroxyl groups is 1. The van der Waals surface area contributed by atoms with Crippen molar-refractivity contribution >= 4 is 5.91 Å². The highest BCUT2D eigenvalue weighted by Crippen LogP contribution is 2.19. The van der Waals surface area contributed by atoms with E-state index in [1.54, 1.807) is 0 Å². The van der Waals surface area contributed by atoms with E-state index in [-0.39, 0.29) is 18.1 Å². The first kappa shape index (κ1) is 11.5. The van der Waals surface area contributed by atoms with Gasteiger partial charge in [-0.15, -0.1) is 0 Å². The summed E-state index contributed by atoms with van der Waals surface area (Å²) in [5, 5.41) is 11.9. The van der Waals surface area contributed by atoms with E-state index < -0.39 is 6.04 Å². The Hall–Kier alpha value is -0.610. The molecule has 0 spiro atoms. The monoisotopic (exact) mass is 200 g/mol. The van der Waals surface area contributed by atoms with E-state index in [4.69, 9.17) is 10.8 Å². The van der Waals surface area contributed by atoms with Crippen molar-refractivity contribution in [3.05, 3.63) is 0 Å². The van der Waals surface area contributed by atoms with Gasteiger partial charge in [0.2, 0.25) is 5.91 Å². The second-order valence-corrected chi connectivity index (χ2v) is 4.57. The molecule has 1 aliphatic rings. The van der Waals surface area contributed by atoms with Crippen molar-refractivity contribution in [1.82, 2.24) is 5.32 Å². The first-order chi connectivity index (χ1) is 6.49. The summed E-state index contributed by atoms with van der Waals surface area (Å²) in [6.45, 7) is 4.08. The number of hydrogen-bond donors (Lipinski definition) is 3. The Morgan fingerprint density at radius 2 is 2.14 bits per heavy atom. The van der Waals surface area contributed by atoms with Crippen molar-refractivity contribution in [2.45, 2.75) is 51.3 Å². The minimum atomic E-state index is -0.409. The molecule has 4 nitrogen and oxygen atoms in total. The molecule has 1 rings (SSSR count). The van der Waals surface area contributed by atoms with Gasteiger partial charge < -0.3 is 16.2 Å². The van der Waals surface area contributed by atoms with Gasteiger partial charge in [0.05, 0.1) is 12.1 Å². The summed E-state index contributed by atoms with van der Waals surface area (Å²) in [6.07, 6.45) is 1.81. The maximum absolute atomic E-state index is 11.5. The van der Waals surface area contributed by atoms with Crippen molar-refractivity contribution in [3.63, 3.8) is 0 Å². The maximum atomic E-state index is 11.5. The van der Waals surface area contributed by atoms with E-state index in [0.717, 1.165) is 0 Å². The SMILES string of the molecule is CC(C)CC(N)C(=O)NC1CC(O)C1. The Bertz CT molecular complexity index is 200. The van der Waals surface area contributed by atoms with Gasteiger partial charge in [0.25, 0.3) is 0 Å². The fraction of sp³-hybridized carbons (Fsp3) is 0.900. The summed E-state index contributed by atoms with van der Waals surface area (Å²) in [7, 11) is 0. The van der Waals surface area contributed by atoms with Crippen molar-refractivity contribution in [1.29, 1.82) is 0 Å². The Morgan fingerprint density at radius 1 is 1.57 bits per heavy atom. The highest BCUT2D eigenvalue weighted by molar-refractivity contribution is 5.81. The predicted molar refractivity (Wildman–Crippen MR) is 54.6 cm³/mol. The summed E-state index contributed by atoms with van der Waals surface area (Å²) >= 11 is 0. The molecule has 0 aromatic carbocycles. The molecule has 14 heavy (non-hydrogen) atoms. The second-order valence-electron chi connectivity index (χ2n) is 4.57. The zero-order valence-electron chi connectivity index (χ0n) is 8.86. The Kier molecular flexibility index (Phi) is 3.89. The van der Waals surface area contributed by atoms with E-state index in [9.17, 15) is 4.79 Å². The van der Waals surface area contributed by atoms with Crippen molar-refractivity contribution < 1.29 is 9.90 Å². The van der Waals surface area contributed by atoms with Gasteiger partial charge in [-0.2, -0.15) is 0 Å². The van der Waals surface area contributed by atoms with Gasteiger partial charge in [0.1, 0.15) is 0 Å². The molecule has 0 heterocycles. The molecule has 1 aliphatic carbocycles. The third kappa shape index (κ3) is 3.27. The van der Waals surface area contributed by atoms with Gasteiger partial charge in [-0.1, -0.05) is 13.8 Å². The lowest BCUT2D eigenvalue weighted by atomic mass is 9.89. The van der Waals surface area contributed by atoms with Crippen LogP contribution in [0.3, 0.4) is 0 Å². The lowest BCUT2D eigenvalue weighted by Gasteiger charge is -2.32. The van der Waals surface area contributed by atoms with Gasteiger partial charge in [0, 0.05) is 6.04 Å². The zero-order chi connectivity index (χ0) is 10.7. The third-order valence-electron chi connectivity index (χ3n) is 2.52. The molecule has 0 bridgehead atoms. The third-order valence-corrected chi connectivity index (χ3v) is 2.52. The van der Waals surface area contributed by atoms with Gasteiger partial charge in [-0.25, -0.2) is 0 Å². The molecular weight excluding hydrogens is 180 g/mol. The van der Waals surface area contributed by atoms with Crippen LogP contribution in [0.15, 0.2) is 0 Å². The van der Waals surface area contributed by atoms with Crippen LogP contribution in [0.4, 0.5) is 0 Å². The molecule has 0 saturated heterocycles. The van der Waals surface area contributed by atoms with Crippen LogP contribution in [0.1, 0.15) is 33.1 Å². The van der Waals surface area contributed by atoms with Crippen LogP contribution in [0.5, 0.6) is 0 Å². The Balaban J connectivity index is 2.20. The van der Waals surface area contributed by atoms with E-state index in [0.29, 0.717) is 25.2 Å². The highest BCUT2D eigenvalue weighted by Gasteiger charge is 2.29. The van der Waals surface area contributed by atoms with E-state index in [1.807, 2.05) is 13.8 Å². The van der Waals surface area contributed by atoms with Crippen LogP contribution in [0, 0.1) is 5.92 Å². The average Bonchev–Trinajstić information content (AvgIpc) is 2.00. The topological polar surface area (TPSA) is 75.4 Å². The van der Waals surface area contributed by atoms with Crippen LogP contribution in [-0.4, -0.2) is 29.2 Å². The lowest BCUT2D eigenvalue weighted by molar-refractivity contribution is -0.124. The molecular formula is C10H20N2O2. The molecule has 4 heteroatoms. The van der Waals surface area contributed by atoms with Crippen LogP contribution >= 0.6 is 0 Å². The average molecular weight is 200 g/mol. The molecule has 1 saturated carbocycles. The van der Waals surface area contributed by atoms with Gasteiger partial charge >= 0.3 is 0 Å². The molecule has 1 fully saturated rings. The standard InChI is InChI=1S/C10H20N2O2/c1-6(2)3-9(11)10(14)12-7-4-8(13)5-7/h6-9,13H,3-5,11H2,1-2H3,(H,12,14). The number of nitrogens with one attached hydrogen (secondary N) is 1. The van der Waals surface area contributed by atoms with E-state index in [2.05, 4.69) is 5.32 Å². The predicted octanol–water partition coefficient (Wildman–Crippen LogP) is -0.000700. The largest absolute Gasteiger partial charge is 0.393 e.